The van der Waals surface area contributed by atoms with E-state index in [4.69, 9.17) is 14.2 Å². The second kappa shape index (κ2) is 11.2. The average Bonchev–Trinajstić information content (AvgIpc) is 2.82. The summed E-state index contributed by atoms with van der Waals surface area (Å²) in [5.74, 6) is 1.12. The summed E-state index contributed by atoms with van der Waals surface area (Å²) in [6.07, 6.45) is 5.87. The van der Waals surface area contributed by atoms with Crippen LogP contribution in [0.2, 0.25) is 0 Å². The quantitative estimate of drug-likeness (QED) is 0.478. The normalized spacial score (nSPS) is 14.5. The predicted octanol–water partition coefficient (Wildman–Crippen LogP) is 3.74. The van der Waals surface area contributed by atoms with E-state index in [1.54, 1.807) is 43.4 Å². The minimum Gasteiger partial charge on any atom is -0.497 e. The summed E-state index contributed by atoms with van der Waals surface area (Å²) in [7, 11) is 3.12. The first-order valence-electron chi connectivity index (χ1n) is 10.5. The van der Waals surface area contributed by atoms with Gasteiger partial charge in [0.25, 0.3) is 5.91 Å². The molecule has 0 N–H and O–H groups in total. The Morgan fingerprint density at radius 1 is 1.00 bits per heavy atom. The molecule has 0 unspecified atom stereocenters. The van der Waals surface area contributed by atoms with Crippen molar-refractivity contribution in [1.82, 2.24) is 4.90 Å². The van der Waals surface area contributed by atoms with Gasteiger partial charge in [0.15, 0.2) is 6.61 Å². The summed E-state index contributed by atoms with van der Waals surface area (Å²) >= 11 is 0. The van der Waals surface area contributed by atoms with Gasteiger partial charge in [-0.25, -0.2) is 4.79 Å². The Balaban J connectivity index is 1.42. The Hall–Kier alpha value is -3.28. The molecule has 3 rings (SSSR count). The number of nitrogens with zero attached hydrogens (tertiary/aromatic N) is 1. The number of benzene rings is 2. The molecule has 0 aliphatic carbocycles. The summed E-state index contributed by atoms with van der Waals surface area (Å²) in [5, 5.41) is 0. The molecule has 164 valence electrons. The minimum atomic E-state index is -0.561. The van der Waals surface area contributed by atoms with E-state index in [0.29, 0.717) is 30.5 Å². The van der Waals surface area contributed by atoms with Crippen LogP contribution in [-0.4, -0.2) is 50.7 Å². The fourth-order valence-corrected chi connectivity index (χ4v) is 3.70. The lowest BCUT2D eigenvalue weighted by Gasteiger charge is -2.32. The first-order chi connectivity index (χ1) is 15.1. The van der Waals surface area contributed by atoms with Crippen LogP contribution in [0.25, 0.3) is 6.08 Å². The maximum Gasteiger partial charge on any atom is 0.331 e. The Bertz CT molecular complexity index is 879. The zero-order valence-electron chi connectivity index (χ0n) is 18.1. The lowest BCUT2D eigenvalue weighted by atomic mass is 9.90. The van der Waals surface area contributed by atoms with E-state index < -0.39 is 5.97 Å². The van der Waals surface area contributed by atoms with Crippen molar-refractivity contribution in [3.05, 3.63) is 65.7 Å². The van der Waals surface area contributed by atoms with Gasteiger partial charge in [0.2, 0.25) is 0 Å². The SMILES string of the molecule is COc1cc(/C=C/C(=O)OCC(=O)N2CCC(Cc3ccccc3)CC2)cc(OC)c1. The van der Waals surface area contributed by atoms with Crippen molar-refractivity contribution in [2.45, 2.75) is 19.3 Å². The van der Waals surface area contributed by atoms with E-state index >= 15 is 0 Å². The summed E-state index contributed by atoms with van der Waals surface area (Å²) in [6, 6.07) is 15.7. The molecule has 0 bridgehead atoms. The first-order valence-corrected chi connectivity index (χ1v) is 10.5. The van der Waals surface area contributed by atoms with Crippen LogP contribution in [0.3, 0.4) is 0 Å². The average molecular weight is 424 g/mol. The molecule has 0 spiro atoms. The number of rotatable bonds is 8. The van der Waals surface area contributed by atoms with Crippen molar-refractivity contribution in [2.75, 3.05) is 33.9 Å². The van der Waals surface area contributed by atoms with Crippen molar-refractivity contribution in [3.63, 3.8) is 0 Å². The molecule has 1 aliphatic heterocycles. The molecular weight excluding hydrogens is 394 g/mol. The first kappa shape index (κ1) is 22.4. The topological polar surface area (TPSA) is 65.1 Å². The van der Waals surface area contributed by atoms with Crippen molar-refractivity contribution in [1.29, 1.82) is 0 Å². The Morgan fingerprint density at radius 2 is 1.65 bits per heavy atom. The second-order valence-electron chi connectivity index (χ2n) is 7.60. The van der Waals surface area contributed by atoms with Gasteiger partial charge in [-0.1, -0.05) is 30.3 Å². The molecule has 1 amide bonds. The summed E-state index contributed by atoms with van der Waals surface area (Å²) in [5.41, 5.74) is 2.07. The van der Waals surface area contributed by atoms with Crippen molar-refractivity contribution < 1.29 is 23.8 Å². The van der Waals surface area contributed by atoms with Crippen LogP contribution < -0.4 is 9.47 Å². The largest absolute Gasteiger partial charge is 0.497 e. The molecule has 0 saturated carbocycles. The molecular formula is C25H29NO5. The highest BCUT2D eigenvalue weighted by atomic mass is 16.5. The number of esters is 1. The van der Waals surface area contributed by atoms with Gasteiger partial charge in [-0.05, 0) is 54.5 Å². The Kier molecular flexibility index (Phi) is 8.10. The Morgan fingerprint density at radius 3 is 2.26 bits per heavy atom. The smallest absolute Gasteiger partial charge is 0.331 e. The summed E-state index contributed by atoms with van der Waals surface area (Å²) in [4.78, 5) is 26.2. The minimum absolute atomic E-state index is 0.150. The van der Waals surface area contributed by atoms with Crippen LogP contribution in [-0.2, 0) is 20.7 Å². The fraction of sp³-hybridized carbons (Fsp3) is 0.360. The van der Waals surface area contributed by atoms with E-state index in [1.807, 2.05) is 6.07 Å². The molecule has 1 aliphatic rings. The van der Waals surface area contributed by atoms with E-state index in [9.17, 15) is 9.59 Å². The third-order valence-electron chi connectivity index (χ3n) is 5.46. The number of carbonyl (C=O) groups excluding carboxylic acids is 2. The van der Waals surface area contributed by atoms with Crippen LogP contribution >= 0.6 is 0 Å². The van der Waals surface area contributed by atoms with Crippen LogP contribution in [0.15, 0.2) is 54.6 Å². The van der Waals surface area contributed by atoms with Gasteiger partial charge in [-0.2, -0.15) is 0 Å². The zero-order valence-corrected chi connectivity index (χ0v) is 18.1. The molecule has 1 fully saturated rings. The highest BCUT2D eigenvalue weighted by molar-refractivity contribution is 5.89. The summed E-state index contributed by atoms with van der Waals surface area (Å²) < 4.78 is 15.6. The number of likely N-dealkylation sites (tertiary alicyclic amines) is 1. The van der Waals surface area contributed by atoms with Gasteiger partial charge in [0.1, 0.15) is 11.5 Å². The number of hydrogen-bond acceptors (Lipinski definition) is 5. The molecule has 1 heterocycles. The molecule has 2 aromatic rings. The molecule has 0 atom stereocenters. The molecule has 2 aromatic carbocycles. The van der Waals surface area contributed by atoms with Gasteiger partial charge in [-0.15, -0.1) is 0 Å². The van der Waals surface area contributed by atoms with Crippen LogP contribution in [0.1, 0.15) is 24.0 Å². The monoisotopic (exact) mass is 423 g/mol. The number of hydrogen-bond donors (Lipinski definition) is 0. The molecule has 1 saturated heterocycles. The van der Waals surface area contributed by atoms with Crippen LogP contribution in [0, 0.1) is 5.92 Å². The molecule has 31 heavy (non-hydrogen) atoms. The van der Waals surface area contributed by atoms with Gasteiger partial charge in [0.05, 0.1) is 14.2 Å². The molecule has 0 radical (unpaired) electrons. The molecule has 6 nitrogen and oxygen atoms in total. The third kappa shape index (κ3) is 6.88. The van der Waals surface area contributed by atoms with Crippen molar-refractivity contribution in [2.24, 2.45) is 5.92 Å². The maximum atomic E-state index is 12.4. The van der Waals surface area contributed by atoms with Gasteiger partial charge in [0, 0.05) is 25.2 Å². The Labute approximate surface area is 183 Å². The van der Waals surface area contributed by atoms with Gasteiger partial charge >= 0.3 is 5.97 Å². The lowest BCUT2D eigenvalue weighted by Crippen LogP contribution is -2.41. The third-order valence-corrected chi connectivity index (χ3v) is 5.46. The standard InChI is InChI=1S/C25H29NO5/c1-29-22-15-21(16-23(17-22)30-2)8-9-25(28)31-18-24(27)26-12-10-20(11-13-26)14-19-6-4-3-5-7-19/h3-9,15-17,20H,10-14,18H2,1-2H3/b9-8+. The maximum absolute atomic E-state index is 12.4. The number of carbonyl (C=O) groups is 2. The van der Waals surface area contributed by atoms with Crippen molar-refractivity contribution in [3.8, 4) is 11.5 Å². The second-order valence-corrected chi connectivity index (χ2v) is 7.60. The lowest BCUT2D eigenvalue weighted by molar-refractivity contribution is -0.148. The van der Waals surface area contributed by atoms with Gasteiger partial charge < -0.3 is 19.1 Å². The van der Waals surface area contributed by atoms with E-state index in [0.717, 1.165) is 24.8 Å². The highest BCUT2D eigenvalue weighted by Crippen LogP contribution is 2.23. The summed E-state index contributed by atoms with van der Waals surface area (Å²) in [6.45, 7) is 1.16. The van der Waals surface area contributed by atoms with Crippen molar-refractivity contribution >= 4 is 18.0 Å². The fourth-order valence-electron chi connectivity index (χ4n) is 3.70. The predicted molar refractivity (Wildman–Crippen MR) is 119 cm³/mol. The van der Waals surface area contributed by atoms with E-state index in [1.165, 1.54) is 11.6 Å². The molecule has 6 heteroatoms. The van der Waals surface area contributed by atoms with Crippen LogP contribution in [0.4, 0.5) is 0 Å². The number of piperidine rings is 1. The molecule has 0 aromatic heterocycles. The van der Waals surface area contributed by atoms with E-state index in [-0.39, 0.29) is 12.5 Å². The number of ether oxygens (including phenoxy) is 3. The number of amides is 1. The zero-order chi connectivity index (χ0) is 22.1. The highest BCUT2D eigenvalue weighted by Gasteiger charge is 2.23. The van der Waals surface area contributed by atoms with Gasteiger partial charge in [-0.3, -0.25) is 4.79 Å². The van der Waals surface area contributed by atoms with E-state index in [2.05, 4.69) is 24.3 Å². The van der Waals surface area contributed by atoms with Crippen LogP contribution in [0.5, 0.6) is 11.5 Å². The number of methoxy groups -OCH3 is 2.